The molecule has 1 aliphatic carbocycles. The van der Waals surface area contributed by atoms with Crippen molar-refractivity contribution < 1.29 is 14.3 Å². The van der Waals surface area contributed by atoms with E-state index in [1.165, 1.54) is 0 Å². The van der Waals surface area contributed by atoms with Gasteiger partial charge in [-0.3, -0.25) is 0 Å². The van der Waals surface area contributed by atoms with E-state index in [1.807, 2.05) is 19.9 Å². The van der Waals surface area contributed by atoms with Gasteiger partial charge >= 0.3 is 6.09 Å². The Kier molecular flexibility index (Phi) is 6.53. The summed E-state index contributed by atoms with van der Waals surface area (Å²) in [6.45, 7) is 10.1. The summed E-state index contributed by atoms with van der Waals surface area (Å²) in [5, 5.41) is 2.75. The van der Waals surface area contributed by atoms with E-state index in [0.717, 1.165) is 25.7 Å². The first-order chi connectivity index (χ1) is 9.26. The zero-order chi connectivity index (χ0) is 15.2. The van der Waals surface area contributed by atoms with Gasteiger partial charge < -0.3 is 14.8 Å². The number of ether oxygens (including phenoxy) is 2. The average Bonchev–Trinajstić information content (AvgIpc) is 2.24. The predicted molar refractivity (Wildman–Crippen MR) is 80.8 cm³/mol. The lowest BCUT2D eigenvalue weighted by Gasteiger charge is -2.29. The first kappa shape index (κ1) is 17.0. The van der Waals surface area contributed by atoms with Crippen molar-refractivity contribution in [2.45, 2.75) is 84.2 Å². The second-order valence-electron chi connectivity index (χ2n) is 6.68. The van der Waals surface area contributed by atoms with Crippen LogP contribution < -0.4 is 5.32 Å². The monoisotopic (exact) mass is 283 g/mol. The molecule has 0 radical (unpaired) electrons. The summed E-state index contributed by atoms with van der Waals surface area (Å²) in [4.78, 5) is 11.6. The van der Waals surface area contributed by atoms with Gasteiger partial charge in [0.1, 0.15) is 6.10 Å². The second kappa shape index (κ2) is 7.67. The highest BCUT2D eigenvalue weighted by molar-refractivity contribution is 5.67. The molecule has 2 unspecified atom stereocenters. The molecule has 4 heteroatoms. The van der Waals surface area contributed by atoms with E-state index in [0.29, 0.717) is 0 Å². The lowest BCUT2D eigenvalue weighted by atomic mass is 10.0. The number of hydrogen-bond acceptors (Lipinski definition) is 3. The Hall–Kier alpha value is -1.03. The highest BCUT2D eigenvalue weighted by Gasteiger charge is 2.22. The lowest BCUT2D eigenvalue weighted by molar-refractivity contribution is -0.0696. The van der Waals surface area contributed by atoms with Crippen molar-refractivity contribution in [1.29, 1.82) is 0 Å². The van der Waals surface area contributed by atoms with Crippen LogP contribution in [0.4, 0.5) is 4.79 Å². The van der Waals surface area contributed by atoms with E-state index in [2.05, 4.69) is 32.2 Å². The molecule has 1 rings (SSSR count). The number of rotatable bonds is 3. The number of alkyl carbamates (subject to hydrolysis) is 1. The molecule has 0 aliphatic heterocycles. The number of nitrogens with one attached hydrogen (secondary N) is 1. The van der Waals surface area contributed by atoms with Gasteiger partial charge in [0.25, 0.3) is 0 Å². The summed E-state index contributed by atoms with van der Waals surface area (Å²) in [6, 6.07) is 0.0945. The van der Waals surface area contributed by atoms with Crippen molar-refractivity contribution in [2.75, 3.05) is 0 Å². The Morgan fingerprint density at radius 3 is 2.55 bits per heavy atom. The van der Waals surface area contributed by atoms with E-state index in [1.54, 1.807) is 0 Å². The summed E-state index contributed by atoms with van der Waals surface area (Å²) in [5.41, 5.74) is -0.126. The number of hydrogen-bond donors (Lipinski definition) is 1. The highest BCUT2D eigenvalue weighted by atomic mass is 16.6. The van der Waals surface area contributed by atoms with Crippen molar-refractivity contribution in [3.63, 3.8) is 0 Å². The number of carbonyl (C=O) groups excluding carboxylic acids is 1. The first-order valence-electron chi connectivity index (χ1n) is 7.58. The van der Waals surface area contributed by atoms with E-state index in [4.69, 9.17) is 9.47 Å². The van der Waals surface area contributed by atoms with Crippen molar-refractivity contribution in [1.82, 2.24) is 5.32 Å². The van der Waals surface area contributed by atoms with Crippen molar-refractivity contribution in [2.24, 2.45) is 0 Å². The summed E-state index contributed by atoms with van der Waals surface area (Å²) >= 11 is 0. The van der Waals surface area contributed by atoms with Gasteiger partial charge in [-0.25, -0.2) is 4.79 Å². The minimum atomic E-state index is -0.344. The largest absolute Gasteiger partial charge is 0.442 e. The zero-order valence-electron chi connectivity index (χ0n) is 13.4. The smallest absolute Gasteiger partial charge is 0.407 e. The molecule has 116 valence electrons. The van der Waals surface area contributed by atoms with Gasteiger partial charge in [-0.2, -0.15) is 0 Å². The lowest BCUT2D eigenvalue weighted by Crippen LogP contribution is -2.34. The van der Waals surface area contributed by atoms with Crippen LogP contribution in [0.1, 0.15) is 60.3 Å². The fourth-order valence-electron chi connectivity index (χ4n) is 2.24. The molecule has 1 N–H and O–H groups in total. The first-order valence-corrected chi connectivity index (χ1v) is 7.58. The molecule has 0 fully saturated rings. The summed E-state index contributed by atoms with van der Waals surface area (Å²) in [5.74, 6) is 0. The topological polar surface area (TPSA) is 47.6 Å². The molecule has 0 saturated heterocycles. The van der Waals surface area contributed by atoms with Gasteiger partial charge in [0.05, 0.1) is 11.7 Å². The summed E-state index contributed by atoms with van der Waals surface area (Å²) in [6.07, 6.45) is 7.54. The van der Waals surface area contributed by atoms with Gasteiger partial charge in [-0.05, 0) is 66.4 Å². The van der Waals surface area contributed by atoms with Crippen LogP contribution in [0.5, 0.6) is 0 Å². The van der Waals surface area contributed by atoms with Gasteiger partial charge in [0.15, 0.2) is 0 Å². The van der Waals surface area contributed by atoms with Crippen LogP contribution >= 0.6 is 0 Å². The summed E-state index contributed by atoms with van der Waals surface area (Å²) < 4.78 is 11.5. The molecular formula is C16H29NO3. The van der Waals surface area contributed by atoms with Crippen molar-refractivity contribution in [3.8, 4) is 0 Å². The maximum Gasteiger partial charge on any atom is 0.407 e. The van der Waals surface area contributed by atoms with Crippen molar-refractivity contribution in [3.05, 3.63) is 12.2 Å². The quantitative estimate of drug-likeness (QED) is 0.801. The van der Waals surface area contributed by atoms with Gasteiger partial charge in [0.2, 0.25) is 0 Å². The third-order valence-corrected chi connectivity index (χ3v) is 2.96. The molecule has 0 aromatic heterocycles. The molecule has 1 amide bonds. The Balaban J connectivity index is 2.47. The molecule has 0 aromatic rings. The van der Waals surface area contributed by atoms with E-state index < -0.39 is 0 Å². The van der Waals surface area contributed by atoms with Gasteiger partial charge in [-0.1, -0.05) is 6.08 Å². The second-order valence-corrected chi connectivity index (χ2v) is 6.68. The Labute approximate surface area is 122 Å². The Morgan fingerprint density at radius 2 is 1.95 bits per heavy atom. The number of allylic oxidation sites excluding steroid dienone is 1. The van der Waals surface area contributed by atoms with Crippen LogP contribution in [0.25, 0.3) is 0 Å². The number of carbonyl (C=O) groups is 1. The molecule has 0 spiro atoms. The molecule has 20 heavy (non-hydrogen) atoms. The zero-order valence-corrected chi connectivity index (χ0v) is 13.4. The average molecular weight is 283 g/mol. The van der Waals surface area contributed by atoms with Crippen LogP contribution in [0.3, 0.4) is 0 Å². The van der Waals surface area contributed by atoms with Crippen LogP contribution in [0.15, 0.2) is 12.2 Å². The molecular weight excluding hydrogens is 254 g/mol. The fraction of sp³-hybridized carbons (Fsp3) is 0.812. The third-order valence-electron chi connectivity index (χ3n) is 2.96. The predicted octanol–water partition coefficient (Wildman–Crippen LogP) is 3.80. The molecule has 2 atom stereocenters. The molecule has 4 nitrogen and oxygen atoms in total. The third kappa shape index (κ3) is 7.53. The SMILES string of the molecule is CC(C)NC(=O)OC1/C=C/CCC(OC(C)(C)C)CC1. The standard InChI is InChI=1S/C16H29NO3/c1-12(2)17-15(18)19-13-8-6-7-9-14(11-10-13)20-16(3,4)5/h6,8,12-14H,7,9-11H2,1-5H3,(H,17,18)/b8-6+. The maximum absolute atomic E-state index is 11.6. The van der Waals surface area contributed by atoms with Crippen LogP contribution in [-0.2, 0) is 9.47 Å². The van der Waals surface area contributed by atoms with E-state index in [9.17, 15) is 4.79 Å². The van der Waals surface area contributed by atoms with E-state index >= 15 is 0 Å². The molecule has 1 aliphatic rings. The van der Waals surface area contributed by atoms with Crippen LogP contribution in [0, 0.1) is 0 Å². The van der Waals surface area contributed by atoms with Crippen LogP contribution in [0.2, 0.25) is 0 Å². The van der Waals surface area contributed by atoms with E-state index in [-0.39, 0.29) is 29.9 Å². The minimum Gasteiger partial charge on any atom is -0.442 e. The summed E-state index contributed by atoms with van der Waals surface area (Å²) in [7, 11) is 0. The van der Waals surface area contributed by atoms with Crippen LogP contribution in [-0.4, -0.2) is 29.9 Å². The molecule has 0 aromatic carbocycles. The molecule has 0 saturated carbocycles. The van der Waals surface area contributed by atoms with Gasteiger partial charge in [-0.15, -0.1) is 0 Å². The fourth-order valence-corrected chi connectivity index (χ4v) is 2.24. The highest BCUT2D eigenvalue weighted by Crippen LogP contribution is 2.22. The molecule has 0 bridgehead atoms. The normalized spacial score (nSPS) is 25.7. The minimum absolute atomic E-state index is 0.0945. The molecule has 0 heterocycles. The Bertz CT molecular complexity index is 331. The number of amides is 1. The van der Waals surface area contributed by atoms with Gasteiger partial charge in [0, 0.05) is 6.04 Å². The Morgan fingerprint density at radius 1 is 1.25 bits per heavy atom. The maximum atomic E-state index is 11.6. The van der Waals surface area contributed by atoms with Crippen molar-refractivity contribution >= 4 is 6.09 Å².